The number of carbonyl (C=O) groups is 2. The number of piperidine rings is 1. The SMILES string of the molecule is CC(=O)N1[C@H]2CCCC[C@H]3N(C(=O)Cc4sc(C)nc4C)[C@H](Cc4ccccc4)[C@@H]1C[C@@]23C. The van der Waals surface area contributed by atoms with Crippen LogP contribution >= 0.6 is 11.3 Å². The van der Waals surface area contributed by atoms with Gasteiger partial charge < -0.3 is 9.80 Å². The Morgan fingerprint density at radius 3 is 2.36 bits per heavy atom. The van der Waals surface area contributed by atoms with Gasteiger partial charge in [-0.25, -0.2) is 4.98 Å². The summed E-state index contributed by atoms with van der Waals surface area (Å²) in [5, 5.41) is 1.01. The third-order valence-corrected chi connectivity index (χ3v) is 9.53. The van der Waals surface area contributed by atoms with Crippen molar-refractivity contribution in [3.8, 4) is 0 Å². The molecule has 5 rings (SSSR count). The van der Waals surface area contributed by atoms with Crippen molar-refractivity contribution in [2.45, 2.75) is 96.8 Å². The number of hydrogen-bond acceptors (Lipinski definition) is 4. The molecule has 2 amide bonds. The average Bonchev–Trinajstić information content (AvgIpc) is 3.16. The van der Waals surface area contributed by atoms with E-state index in [0.717, 1.165) is 54.1 Å². The second-order valence-electron chi connectivity index (χ2n) is 10.5. The molecule has 2 aromatic rings. The van der Waals surface area contributed by atoms with Gasteiger partial charge in [-0.3, -0.25) is 9.59 Å². The predicted molar refractivity (Wildman–Crippen MR) is 131 cm³/mol. The van der Waals surface area contributed by atoms with Crippen LogP contribution in [0.4, 0.5) is 0 Å². The molecule has 1 aliphatic carbocycles. The number of carbonyl (C=O) groups excluding carboxylic acids is 2. The summed E-state index contributed by atoms with van der Waals surface area (Å²) in [7, 11) is 0. The Morgan fingerprint density at radius 2 is 1.76 bits per heavy atom. The number of thiazole rings is 1. The van der Waals surface area contributed by atoms with Crippen LogP contribution in [0.2, 0.25) is 0 Å². The van der Waals surface area contributed by atoms with Gasteiger partial charge in [0.2, 0.25) is 11.8 Å². The quantitative estimate of drug-likeness (QED) is 0.658. The van der Waals surface area contributed by atoms with Crippen LogP contribution in [-0.4, -0.2) is 50.8 Å². The van der Waals surface area contributed by atoms with Gasteiger partial charge in [0.1, 0.15) is 0 Å². The van der Waals surface area contributed by atoms with Gasteiger partial charge in [-0.15, -0.1) is 11.3 Å². The van der Waals surface area contributed by atoms with Crippen LogP contribution in [0.25, 0.3) is 0 Å². The number of aromatic nitrogens is 1. The van der Waals surface area contributed by atoms with Crippen LogP contribution in [0.1, 0.15) is 67.1 Å². The number of nitrogens with zero attached hydrogens (tertiary/aromatic N) is 3. The lowest BCUT2D eigenvalue weighted by atomic mass is 9.69. The molecule has 33 heavy (non-hydrogen) atoms. The number of hydrogen-bond donors (Lipinski definition) is 0. The molecule has 176 valence electrons. The van der Waals surface area contributed by atoms with Crippen molar-refractivity contribution in [1.29, 1.82) is 0 Å². The summed E-state index contributed by atoms with van der Waals surface area (Å²) in [5.41, 5.74) is 2.17. The summed E-state index contributed by atoms with van der Waals surface area (Å²) in [6.45, 7) is 8.09. The van der Waals surface area contributed by atoms with E-state index in [-0.39, 0.29) is 41.4 Å². The van der Waals surface area contributed by atoms with Gasteiger partial charge in [0.25, 0.3) is 0 Å². The Bertz CT molecular complexity index is 1050. The molecule has 0 N–H and O–H groups in total. The number of aryl methyl sites for hydroxylation is 2. The van der Waals surface area contributed by atoms with Crippen LogP contribution in [0, 0.1) is 19.3 Å². The van der Waals surface area contributed by atoms with Gasteiger partial charge in [-0.2, -0.15) is 0 Å². The highest BCUT2D eigenvalue weighted by Gasteiger charge is 2.63. The Morgan fingerprint density at radius 1 is 1.09 bits per heavy atom. The summed E-state index contributed by atoms with van der Waals surface area (Å²) in [6.07, 6.45) is 6.54. The van der Waals surface area contributed by atoms with E-state index >= 15 is 0 Å². The average molecular weight is 466 g/mol. The smallest absolute Gasteiger partial charge is 0.228 e. The molecule has 3 aliphatic rings. The maximum Gasteiger partial charge on any atom is 0.228 e. The topological polar surface area (TPSA) is 53.5 Å². The van der Waals surface area contributed by atoms with E-state index in [2.05, 4.69) is 46.0 Å². The Kier molecular flexibility index (Phi) is 5.84. The fourth-order valence-electron chi connectivity index (χ4n) is 7.13. The van der Waals surface area contributed by atoms with E-state index in [1.54, 1.807) is 18.3 Å². The zero-order valence-electron chi connectivity index (χ0n) is 20.2. The minimum atomic E-state index is -0.0334. The lowest BCUT2D eigenvalue weighted by molar-refractivity contribution is -0.144. The highest BCUT2D eigenvalue weighted by atomic mass is 32.1. The zero-order chi connectivity index (χ0) is 23.3. The second-order valence-corrected chi connectivity index (χ2v) is 11.8. The molecule has 5 atom stereocenters. The minimum Gasteiger partial charge on any atom is -0.334 e. The van der Waals surface area contributed by atoms with E-state index in [0.29, 0.717) is 6.42 Å². The number of amides is 2. The monoisotopic (exact) mass is 465 g/mol. The molecule has 1 aromatic heterocycles. The van der Waals surface area contributed by atoms with E-state index in [4.69, 9.17) is 0 Å². The molecule has 3 fully saturated rings. The van der Waals surface area contributed by atoms with Gasteiger partial charge in [-0.1, -0.05) is 50.1 Å². The highest BCUT2D eigenvalue weighted by molar-refractivity contribution is 7.11. The normalized spacial score (nSPS) is 30.9. The first-order valence-electron chi connectivity index (χ1n) is 12.4. The number of benzene rings is 1. The third-order valence-electron chi connectivity index (χ3n) is 8.46. The summed E-state index contributed by atoms with van der Waals surface area (Å²) >= 11 is 1.64. The van der Waals surface area contributed by atoms with Gasteiger partial charge in [0, 0.05) is 29.3 Å². The van der Waals surface area contributed by atoms with Gasteiger partial charge >= 0.3 is 0 Å². The van der Waals surface area contributed by atoms with Gasteiger partial charge in [0.15, 0.2) is 0 Å². The molecule has 5 nitrogen and oxygen atoms in total. The summed E-state index contributed by atoms with van der Waals surface area (Å²) < 4.78 is 0. The van der Waals surface area contributed by atoms with Crippen molar-refractivity contribution in [3.63, 3.8) is 0 Å². The zero-order valence-corrected chi connectivity index (χ0v) is 21.0. The fraction of sp³-hybridized carbons (Fsp3) is 0.593. The molecule has 2 bridgehead atoms. The Labute approximate surface area is 201 Å². The summed E-state index contributed by atoms with van der Waals surface area (Å²) in [4.78, 5) is 37.1. The number of likely N-dealkylation sites (tertiary alicyclic amines) is 2. The summed E-state index contributed by atoms with van der Waals surface area (Å²) in [5.74, 6) is 0.366. The maximum atomic E-state index is 14.1. The summed E-state index contributed by atoms with van der Waals surface area (Å²) in [6, 6.07) is 11.0. The van der Waals surface area contributed by atoms with Crippen LogP contribution in [-0.2, 0) is 22.4 Å². The molecule has 6 heteroatoms. The van der Waals surface area contributed by atoms with E-state index in [1.165, 1.54) is 5.56 Å². The molecule has 1 aromatic carbocycles. The first-order chi connectivity index (χ1) is 15.8. The van der Waals surface area contributed by atoms with E-state index in [1.807, 2.05) is 19.9 Å². The maximum absolute atomic E-state index is 14.1. The standard InChI is InChI=1S/C27H35N3O2S/c1-17-23(33-18(2)28-17)15-26(32)30-21(14-20-10-6-5-7-11-20)22-16-27(4)24(29(22)19(3)31)12-8-9-13-25(27)30/h5-7,10-11,21-22,24-25H,8-9,12-16H2,1-4H3/t21-,22+,24+,25-,27+/m1/s1. The Hall–Kier alpha value is -2.21. The molecular formula is C27H35N3O2S. The van der Waals surface area contributed by atoms with Gasteiger partial charge in [-0.05, 0) is 45.1 Å². The molecule has 1 saturated carbocycles. The predicted octanol–water partition coefficient (Wildman–Crippen LogP) is 4.69. The largest absolute Gasteiger partial charge is 0.334 e. The molecule has 0 spiro atoms. The number of rotatable bonds is 4. The highest BCUT2D eigenvalue weighted by Crippen LogP contribution is 2.55. The van der Waals surface area contributed by atoms with Gasteiger partial charge in [0.05, 0.1) is 29.2 Å². The molecule has 3 heterocycles. The first kappa shape index (κ1) is 22.6. The molecule has 2 saturated heterocycles. The molecule has 2 aliphatic heterocycles. The van der Waals surface area contributed by atoms with Crippen LogP contribution in [0.3, 0.4) is 0 Å². The minimum absolute atomic E-state index is 0.0132. The first-order valence-corrected chi connectivity index (χ1v) is 13.2. The Balaban J connectivity index is 1.58. The third kappa shape index (κ3) is 3.80. The van der Waals surface area contributed by atoms with Crippen LogP contribution in [0.15, 0.2) is 30.3 Å². The molecule has 0 unspecified atom stereocenters. The fourth-order valence-corrected chi connectivity index (χ4v) is 8.06. The number of fused-ring (bicyclic) bond motifs is 1. The van der Waals surface area contributed by atoms with E-state index in [9.17, 15) is 9.59 Å². The van der Waals surface area contributed by atoms with Crippen molar-refractivity contribution in [1.82, 2.24) is 14.8 Å². The van der Waals surface area contributed by atoms with Crippen LogP contribution in [0.5, 0.6) is 0 Å². The molecule has 0 radical (unpaired) electrons. The van der Waals surface area contributed by atoms with Crippen molar-refractivity contribution < 1.29 is 9.59 Å². The lowest BCUT2D eigenvalue weighted by Gasteiger charge is -2.51. The van der Waals surface area contributed by atoms with Crippen LogP contribution < -0.4 is 0 Å². The second kappa shape index (κ2) is 8.53. The van der Waals surface area contributed by atoms with E-state index < -0.39 is 0 Å². The van der Waals surface area contributed by atoms with Crippen molar-refractivity contribution in [2.24, 2.45) is 5.41 Å². The molecular weight excluding hydrogens is 430 g/mol. The van der Waals surface area contributed by atoms with Crippen molar-refractivity contribution in [3.05, 3.63) is 51.5 Å². The van der Waals surface area contributed by atoms with Crippen molar-refractivity contribution >= 4 is 23.2 Å². The lowest BCUT2D eigenvalue weighted by Crippen LogP contribution is -2.62. The van der Waals surface area contributed by atoms with Crippen molar-refractivity contribution in [2.75, 3.05) is 0 Å².